The molecule has 0 aromatic rings. The molecular formula is C11H25NO3. The summed E-state index contributed by atoms with van der Waals surface area (Å²) in [6.07, 6.45) is 0. The van der Waals surface area contributed by atoms with Gasteiger partial charge in [0.25, 0.3) is 0 Å². The summed E-state index contributed by atoms with van der Waals surface area (Å²) in [7, 11) is 1.30. The van der Waals surface area contributed by atoms with Gasteiger partial charge >= 0.3 is 0 Å². The zero-order valence-corrected chi connectivity index (χ0v) is 10.7. The lowest BCUT2D eigenvalue weighted by atomic mass is 10.3. The first-order valence-corrected chi connectivity index (χ1v) is 5.55. The first-order chi connectivity index (χ1) is 7.01. The van der Waals surface area contributed by atoms with E-state index in [4.69, 9.17) is 0 Å². The van der Waals surface area contributed by atoms with Gasteiger partial charge in [-0.25, -0.2) is 0 Å². The Morgan fingerprint density at radius 2 is 1.40 bits per heavy atom. The normalized spacial score (nSPS) is 10.5. The van der Waals surface area contributed by atoms with E-state index >= 15 is 0 Å². The Kier molecular flexibility index (Phi) is 11.1. The molecule has 0 saturated heterocycles. The minimum absolute atomic E-state index is 0.319. The van der Waals surface area contributed by atoms with E-state index in [0.717, 1.165) is 0 Å². The molecule has 0 aromatic carbocycles. The van der Waals surface area contributed by atoms with E-state index in [9.17, 15) is 9.90 Å². The van der Waals surface area contributed by atoms with Gasteiger partial charge in [-0.2, -0.15) is 0 Å². The summed E-state index contributed by atoms with van der Waals surface area (Å²) in [6.45, 7) is 13.9. The number of hydrogen-bond acceptors (Lipinski definition) is 3. The lowest BCUT2D eigenvalue weighted by Gasteiger charge is -2.34. The van der Waals surface area contributed by atoms with Gasteiger partial charge in [-0.1, -0.05) is 0 Å². The molecule has 4 heteroatoms. The third-order valence-electron chi connectivity index (χ3n) is 2.95. The van der Waals surface area contributed by atoms with Crippen LogP contribution in [-0.4, -0.2) is 50.3 Å². The smallest absolute Gasteiger partial charge is 0.0857 e. The van der Waals surface area contributed by atoms with E-state index in [-0.39, 0.29) is 6.61 Å². The number of ether oxygens (including phenoxy) is 1. The lowest BCUT2D eigenvalue weighted by Crippen LogP contribution is -2.47. The van der Waals surface area contributed by atoms with Crippen molar-refractivity contribution in [3.63, 3.8) is 0 Å². The molecule has 0 N–H and O–H groups in total. The summed E-state index contributed by atoms with van der Waals surface area (Å²) in [5, 5.41) is 9.36. The Labute approximate surface area is 93.4 Å². The standard InChI is InChI=1S/C8H20N.C3H6O3/c1-5-9(6-2,7-3)8-4;1-6-2-3(4)5/h5-8H2,1-4H3;2H2,1H3,(H,4,5)/q+1;/p-1. The number of rotatable bonds is 6. The quantitative estimate of drug-likeness (QED) is 0.602. The number of hydrogen-bond donors (Lipinski definition) is 0. The molecule has 0 aromatic heterocycles. The van der Waals surface area contributed by atoms with Crippen LogP contribution < -0.4 is 5.11 Å². The second-order valence-electron chi connectivity index (χ2n) is 3.41. The number of carbonyl (C=O) groups is 1. The van der Waals surface area contributed by atoms with Crippen molar-refractivity contribution < 1.29 is 19.1 Å². The van der Waals surface area contributed by atoms with Crippen LogP contribution in [0.15, 0.2) is 0 Å². The van der Waals surface area contributed by atoms with Crippen LogP contribution in [0.5, 0.6) is 0 Å². The highest BCUT2D eigenvalue weighted by Gasteiger charge is 2.16. The predicted molar refractivity (Wildman–Crippen MR) is 59.3 cm³/mol. The van der Waals surface area contributed by atoms with Gasteiger partial charge in [0.2, 0.25) is 0 Å². The van der Waals surface area contributed by atoms with Crippen molar-refractivity contribution in [1.82, 2.24) is 0 Å². The van der Waals surface area contributed by atoms with Crippen molar-refractivity contribution in [2.24, 2.45) is 0 Å². The van der Waals surface area contributed by atoms with Crippen LogP contribution in [0.4, 0.5) is 0 Å². The molecule has 15 heavy (non-hydrogen) atoms. The summed E-state index contributed by atoms with van der Waals surface area (Å²) in [5.41, 5.74) is 0. The molecule has 4 nitrogen and oxygen atoms in total. The summed E-state index contributed by atoms with van der Waals surface area (Å²) in [5.74, 6) is -1.18. The Hall–Kier alpha value is -0.610. The summed E-state index contributed by atoms with van der Waals surface area (Å²) >= 11 is 0. The maximum Gasteiger partial charge on any atom is 0.0857 e. The van der Waals surface area contributed by atoms with Gasteiger partial charge in [0, 0.05) is 7.11 Å². The van der Waals surface area contributed by atoms with Gasteiger partial charge in [-0.15, -0.1) is 0 Å². The van der Waals surface area contributed by atoms with E-state index in [1.165, 1.54) is 37.8 Å². The molecule has 0 spiro atoms. The number of aliphatic carboxylic acids is 1. The fourth-order valence-electron chi connectivity index (χ4n) is 1.46. The van der Waals surface area contributed by atoms with E-state index < -0.39 is 5.97 Å². The second-order valence-corrected chi connectivity index (χ2v) is 3.41. The third kappa shape index (κ3) is 8.39. The Balaban J connectivity index is 0. The number of carbonyl (C=O) groups excluding carboxylic acids is 1. The second kappa shape index (κ2) is 9.93. The molecule has 0 fully saturated rings. The first-order valence-electron chi connectivity index (χ1n) is 5.55. The molecule has 0 atom stereocenters. The summed E-state index contributed by atoms with van der Waals surface area (Å²) < 4.78 is 5.42. The van der Waals surface area contributed by atoms with Gasteiger partial charge in [-0.3, -0.25) is 0 Å². The van der Waals surface area contributed by atoms with Crippen LogP contribution in [0.25, 0.3) is 0 Å². The number of nitrogens with zero attached hydrogens (tertiary/aromatic N) is 1. The van der Waals surface area contributed by atoms with Crippen LogP contribution in [0.1, 0.15) is 27.7 Å². The molecule has 0 heterocycles. The zero-order chi connectivity index (χ0) is 12.3. The minimum atomic E-state index is -1.18. The molecule has 0 aliphatic heterocycles. The van der Waals surface area contributed by atoms with Gasteiger partial charge in [-0.05, 0) is 27.7 Å². The van der Waals surface area contributed by atoms with Gasteiger partial charge in [0.15, 0.2) is 0 Å². The number of carboxylic acid groups (broad SMARTS) is 1. The molecule has 0 unspecified atom stereocenters. The fourth-order valence-corrected chi connectivity index (χ4v) is 1.46. The predicted octanol–water partition coefficient (Wildman–Crippen LogP) is 0.266. The minimum Gasteiger partial charge on any atom is -0.548 e. The van der Waals surface area contributed by atoms with E-state index in [1.54, 1.807) is 0 Å². The molecule has 0 aliphatic carbocycles. The van der Waals surface area contributed by atoms with E-state index in [0.29, 0.717) is 0 Å². The highest BCUT2D eigenvalue weighted by molar-refractivity contribution is 5.65. The van der Waals surface area contributed by atoms with Crippen molar-refractivity contribution in [2.75, 3.05) is 39.9 Å². The van der Waals surface area contributed by atoms with Crippen molar-refractivity contribution in [3.05, 3.63) is 0 Å². The molecule has 0 rings (SSSR count). The summed E-state index contributed by atoms with van der Waals surface area (Å²) in [4.78, 5) is 9.36. The number of carboxylic acids is 1. The van der Waals surface area contributed by atoms with Crippen LogP contribution in [-0.2, 0) is 9.53 Å². The Morgan fingerprint density at radius 3 is 1.40 bits per heavy atom. The first kappa shape index (κ1) is 16.8. The number of methoxy groups -OCH3 is 1. The average molecular weight is 219 g/mol. The maximum absolute atomic E-state index is 9.36. The van der Waals surface area contributed by atoms with E-state index in [1.807, 2.05) is 0 Å². The highest BCUT2D eigenvalue weighted by Crippen LogP contribution is 2.03. The number of quaternary nitrogens is 1. The molecular weight excluding hydrogens is 194 g/mol. The lowest BCUT2D eigenvalue weighted by molar-refractivity contribution is -0.921. The topological polar surface area (TPSA) is 49.4 Å². The summed E-state index contributed by atoms with van der Waals surface area (Å²) in [6, 6.07) is 0. The van der Waals surface area contributed by atoms with E-state index in [2.05, 4.69) is 32.4 Å². The van der Waals surface area contributed by atoms with Gasteiger partial charge in [0.05, 0.1) is 38.8 Å². The van der Waals surface area contributed by atoms with Crippen molar-refractivity contribution in [3.8, 4) is 0 Å². The largest absolute Gasteiger partial charge is 0.548 e. The highest BCUT2D eigenvalue weighted by atomic mass is 16.5. The van der Waals surface area contributed by atoms with Crippen molar-refractivity contribution in [2.45, 2.75) is 27.7 Å². The maximum atomic E-state index is 9.36. The third-order valence-corrected chi connectivity index (χ3v) is 2.95. The molecule has 0 radical (unpaired) electrons. The van der Waals surface area contributed by atoms with Gasteiger partial charge < -0.3 is 19.1 Å². The Morgan fingerprint density at radius 1 is 1.07 bits per heavy atom. The molecule has 0 amide bonds. The van der Waals surface area contributed by atoms with Crippen LogP contribution >= 0.6 is 0 Å². The van der Waals surface area contributed by atoms with Crippen LogP contribution in [0.3, 0.4) is 0 Å². The molecule has 0 bridgehead atoms. The zero-order valence-electron chi connectivity index (χ0n) is 10.7. The monoisotopic (exact) mass is 219 g/mol. The molecule has 0 aliphatic rings. The molecule has 92 valence electrons. The van der Waals surface area contributed by atoms with Crippen molar-refractivity contribution in [1.29, 1.82) is 0 Å². The van der Waals surface area contributed by atoms with Crippen LogP contribution in [0, 0.1) is 0 Å². The SMILES string of the molecule is CC[N+](CC)(CC)CC.COCC(=O)[O-]. The Bertz CT molecular complexity index is 138. The van der Waals surface area contributed by atoms with Gasteiger partial charge in [0.1, 0.15) is 0 Å². The average Bonchev–Trinajstić information content (AvgIpc) is 2.23. The van der Waals surface area contributed by atoms with Crippen molar-refractivity contribution >= 4 is 5.97 Å². The fraction of sp³-hybridized carbons (Fsp3) is 0.909. The van der Waals surface area contributed by atoms with Crippen LogP contribution in [0.2, 0.25) is 0 Å². The molecule has 0 saturated carbocycles.